The van der Waals surface area contributed by atoms with Gasteiger partial charge in [-0.25, -0.2) is 8.42 Å². The van der Waals surface area contributed by atoms with Gasteiger partial charge in [0.05, 0.1) is 17.7 Å². The van der Waals surface area contributed by atoms with Gasteiger partial charge >= 0.3 is 6.36 Å². The first kappa shape index (κ1) is 21.9. The minimum atomic E-state index is -4.79. The van der Waals surface area contributed by atoms with Gasteiger partial charge in [0.1, 0.15) is 5.75 Å². The minimum Gasteiger partial charge on any atom is -0.406 e. The Morgan fingerprint density at radius 1 is 1.14 bits per heavy atom. The Bertz CT molecular complexity index is 949. The second-order valence-electron chi connectivity index (χ2n) is 6.61. The molecule has 0 radical (unpaired) electrons. The number of hydrogen-bond donors (Lipinski definition) is 1. The lowest BCUT2D eigenvalue weighted by Crippen LogP contribution is -2.41. The molecule has 158 valence electrons. The molecule has 2 aromatic rings. The highest BCUT2D eigenvalue weighted by molar-refractivity contribution is 8.01. The second-order valence-corrected chi connectivity index (χ2v) is 9.81. The number of fused-ring (bicyclic) bond motifs is 1. The number of sulfonamides is 1. The van der Waals surface area contributed by atoms with Crippen molar-refractivity contribution in [1.82, 2.24) is 4.31 Å². The zero-order valence-corrected chi connectivity index (χ0v) is 17.1. The average molecular weight is 448 g/mol. The molecule has 0 amide bonds. The zero-order valence-electron chi connectivity index (χ0n) is 15.5. The Morgan fingerprint density at radius 3 is 2.38 bits per heavy atom. The fourth-order valence-corrected chi connectivity index (χ4v) is 6.40. The number of alkyl halides is 3. The van der Waals surface area contributed by atoms with Crippen LogP contribution in [0.5, 0.6) is 5.75 Å². The van der Waals surface area contributed by atoms with E-state index in [1.807, 2.05) is 31.2 Å². The van der Waals surface area contributed by atoms with Gasteiger partial charge in [-0.2, -0.15) is 4.31 Å². The highest BCUT2D eigenvalue weighted by Crippen LogP contribution is 2.47. The van der Waals surface area contributed by atoms with E-state index in [2.05, 4.69) is 4.74 Å². The van der Waals surface area contributed by atoms with Crippen LogP contribution in [0, 0.1) is 0 Å². The maximum atomic E-state index is 12.9. The average Bonchev–Trinajstić information content (AvgIpc) is 2.96. The standard InChI is InChI=1S/C19H20F3NO4S2/c1-13-16-4-2-3-5-17(16)28-18(13)23(29(25,26)11-10-24)12-14-6-8-15(9-7-14)27-19(20,21)22/h2-9,13,18,24H,10-12H2,1H3. The van der Waals surface area contributed by atoms with Gasteiger partial charge in [-0.1, -0.05) is 37.3 Å². The molecule has 0 aliphatic carbocycles. The Morgan fingerprint density at radius 2 is 1.79 bits per heavy atom. The molecule has 2 atom stereocenters. The van der Waals surface area contributed by atoms with Crippen LogP contribution < -0.4 is 4.74 Å². The van der Waals surface area contributed by atoms with E-state index in [0.717, 1.165) is 22.6 Å². The summed E-state index contributed by atoms with van der Waals surface area (Å²) < 4.78 is 67.9. The number of thioether (sulfide) groups is 1. The summed E-state index contributed by atoms with van der Waals surface area (Å²) in [5.74, 6) is -0.887. The molecule has 0 spiro atoms. The molecule has 2 unspecified atom stereocenters. The van der Waals surface area contributed by atoms with Crippen LogP contribution in [0.1, 0.15) is 24.0 Å². The fourth-order valence-electron chi connectivity index (χ4n) is 3.21. The first-order valence-corrected chi connectivity index (χ1v) is 11.3. The van der Waals surface area contributed by atoms with E-state index in [-0.39, 0.29) is 18.2 Å². The number of aliphatic hydroxyl groups is 1. The Kier molecular flexibility index (Phi) is 6.47. The summed E-state index contributed by atoms with van der Waals surface area (Å²) in [7, 11) is -3.79. The van der Waals surface area contributed by atoms with Crippen LogP contribution in [0.4, 0.5) is 13.2 Å². The van der Waals surface area contributed by atoms with Crippen LogP contribution in [0.2, 0.25) is 0 Å². The smallest absolute Gasteiger partial charge is 0.406 e. The summed E-state index contributed by atoms with van der Waals surface area (Å²) in [5.41, 5.74) is 1.56. The number of hydrogen-bond acceptors (Lipinski definition) is 5. The van der Waals surface area contributed by atoms with Gasteiger partial charge in [0.15, 0.2) is 0 Å². The van der Waals surface area contributed by atoms with Gasteiger partial charge in [-0.15, -0.1) is 24.9 Å². The molecule has 1 heterocycles. The molecule has 0 fully saturated rings. The summed E-state index contributed by atoms with van der Waals surface area (Å²) in [6, 6.07) is 12.8. The molecule has 3 rings (SSSR count). The highest BCUT2D eigenvalue weighted by atomic mass is 32.2. The Labute approximate surface area is 171 Å². The fraction of sp³-hybridized carbons (Fsp3) is 0.368. The first-order valence-electron chi connectivity index (χ1n) is 8.81. The molecular weight excluding hydrogens is 427 g/mol. The third-order valence-electron chi connectivity index (χ3n) is 4.57. The van der Waals surface area contributed by atoms with E-state index in [1.54, 1.807) is 0 Å². The van der Waals surface area contributed by atoms with E-state index in [1.165, 1.54) is 28.2 Å². The number of nitrogens with zero attached hydrogens (tertiary/aromatic N) is 1. The third-order valence-corrected chi connectivity index (χ3v) is 8.00. The molecule has 0 bridgehead atoms. The minimum absolute atomic E-state index is 0.0232. The van der Waals surface area contributed by atoms with Crippen molar-refractivity contribution in [2.24, 2.45) is 0 Å². The molecule has 1 aliphatic heterocycles. The molecule has 10 heteroatoms. The summed E-state index contributed by atoms with van der Waals surface area (Å²) in [6.45, 7) is 1.39. The van der Waals surface area contributed by atoms with Gasteiger partial charge in [0.25, 0.3) is 0 Å². The van der Waals surface area contributed by atoms with Crippen LogP contribution in [-0.2, 0) is 16.6 Å². The number of aliphatic hydroxyl groups excluding tert-OH is 1. The molecular formula is C19H20F3NO4S2. The second kappa shape index (κ2) is 8.55. The van der Waals surface area contributed by atoms with Crippen LogP contribution in [-0.4, -0.2) is 41.9 Å². The quantitative estimate of drug-likeness (QED) is 0.696. The highest BCUT2D eigenvalue weighted by Gasteiger charge is 2.39. The van der Waals surface area contributed by atoms with Crippen molar-refractivity contribution in [3.63, 3.8) is 0 Å². The van der Waals surface area contributed by atoms with Crippen LogP contribution in [0.15, 0.2) is 53.4 Å². The molecule has 0 saturated carbocycles. The van der Waals surface area contributed by atoms with Gasteiger partial charge in [-0.05, 0) is 29.3 Å². The molecule has 0 saturated heterocycles. The molecule has 0 aromatic heterocycles. The molecule has 1 N–H and O–H groups in total. The first-order chi connectivity index (χ1) is 13.6. The van der Waals surface area contributed by atoms with Crippen molar-refractivity contribution in [2.75, 3.05) is 12.4 Å². The van der Waals surface area contributed by atoms with E-state index in [4.69, 9.17) is 0 Å². The van der Waals surface area contributed by atoms with Crippen molar-refractivity contribution < 1.29 is 31.4 Å². The van der Waals surface area contributed by atoms with Crippen LogP contribution >= 0.6 is 11.8 Å². The number of halogens is 3. The molecule has 1 aliphatic rings. The van der Waals surface area contributed by atoms with E-state index < -0.39 is 34.1 Å². The summed E-state index contributed by atoms with van der Waals surface area (Å²) in [5, 5.41) is 8.79. The van der Waals surface area contributed by atoms with Gasteiger partial charge in [0.2, 0.25) is 10.0 Å². The van der Waals surface area contributed by atoms with Gasteiger partial charge < -0.3 is 9.84 Å². The zero-order chi connectivity index (χ0) is 21.2. The summed E-state index contributed by atoms with van der Waals surface area (Å²) in [6.07, 6.45) is -4.79. The predicted molar refractivity (Wildman–Crippen MR) is 104 cm³/mol. The number of benzene rings is 2. The Balaban J connectivity index is 1.86. The van der Waals surface area contributed by atoms with Crippen LogP contribution in [0.25, 0.3) is 0 Å². The maximum Gasteiger partial charge on any atom is 0.573 e. The lowest BCUT2D eigenvalue weighted by molar-refractivity contribution is -0.274. The van der Waals surface area contributed by atoms with Crippen molar-refractivity contribution in [3.05, 3.63) is 59.7 Å². The van der Waals surface area contributed by atoms with E-state index >= 15 is 0 Å². The Hall–Kier alpha value is -1.75. The normalized spacial score (nSPS) is 19.4. The lowest BCUT2D eigenvalue weighted by Gasteiger charge is -2.30. The topological polar surface area (TPSA) is 66.8 Å². The van der Waals surface area contributed by atoms with E-state index in [9.17, 15) is 26.7 Å². The largest absolute Gasteiger partial charge is 0.573 e. The van der Waals surface area contributed by atoms with Gasteiger partial charge in [-0.3, -0.25) is 0 Å². The van der Waals surface area contributed by atoms with Gasteiger partial charge in [0, 0.05) is 17.4 Å². The SMILES string of the molecule is CC1c2ccccc2SC1N(Cc1ccc(OC(F)(F)F)cc1)S(=O)(=O)CCO. The maximum absolute atomic E-state index is 12.9. The summed E-state index contributed by atoms with van der Waals surface area (Å²) in [4.78, 5) is 0.989. The number of ether oxygens (including phenoxy) is 1. The lowest BCUT2D eigenvalue weighted by atomic mass is 10.0. The van der Waals surface area contributed by atoms with E-state index in [0.29, 0.717) is 5.56 Å². The molecule has 2 aromatic carbocycles. The van der Waals surface area contributed by atoms with Crippen LogP contribution in [0.3, 0.4) is 0 Å². The van der Waals surface area contributed by atoms with Crippen molar-refractivity contribution in [3.8, 4) is 5.75 Å². The van der Waals surface area contributed by atoms with Crippen molar-refractivity contribution >= 4 is 21.8 Å². The molecule has 5 nitrogen and oxygen atoms in total. The van der Waals surface area contributed by atoms with Crippen molar-refractivity contribution in [2.45, 2.75) is 36.0 Å². The summed E-state index contributed by atoms with van der Waals surface area (Å²) >= 11 is 1.43. The predicted octanol–water partition coefficient (Wildman–Crippen LogP) is 3.94. The van der Waals surface area contributed by atoms with Crippen molar-refractivity contribution in [1.29, 1.82) is 0 Å². The third kappa shape index (κ3) is 5.25. The number of rotatable bonds is 7. The molecule has 29 heavy (non-hydrogen) atoms. The monoisotopic (exact) mass is 447 g/mol.